The average molecular weight is 285 g/mol. The van der Waals surface area contributed by atoms with E-state index in [0.29, 0.717) is 4.83 Å². The molecule has 1 aliphatic carbocycles. The monoisotopic (exact) mass is 284 g/mol. The van der Waals surface area contributed by atoms with Gasteiger partial charge in [-0.25, -0.2) is 0 Å². The number of benzene rings is 1. The third-order valence-electron chi connectivity index (χ3n) is 3.06. The van der Waals surface area contributed by atoms with Gasteiger partial charge in [-0.15, -0.1) is 0 Å². The smallest absolute Gasteiger partial charge is 0.127 e. The highest BCUT2D eigenvalue weighted by Crippen LogP contribution is 2.34. The van der Waals surface area contributed by atoms with Crippen LogP contribution in [0, 0.1) is 13.8 Å². The molecule has 3 atom stereocenters. The number of rotatable bonds is 3. The summed E-state index contributed by atoms with van der Waals surface area (Å²) in [7, 11) is 1.73. The molecule has 2 rings (SSSR count). The van der Waals surface area contributed by atoms with Gasteiger partial charge in [0.1, 0.15) is 18.0 Å². The predicted octanol–water partition coefficient (Wildman–Crippen LogP) is 3.23. The van der Waals surface area contributed by atoms with Crippen LogP contribution in [0.1, 0.15) is 17.5 Å². The Balaban J connectivity index is 2.04. The molecule has 0 heterocycles. The van der Waals surface area contributed by atoms with Gasteiger partial charge in [-0.2, -0.15) is 0 Å². The van der Waals surface area contributed by atoms with E-state index in [1.165, 1.54) is 11.1 Å². The van der Waals surface area contributed by atoms with Crippen LogP contribution in [-0.2, 0) is 4.74 Å². The first-order valence-electron chi connectivity index (χ1n) is 5.52. The number of methoxy groups -OCH3 is 1. The second-order valence-corrected chi connectivity index (χ2v) is 5.55. The van der Waals surface area contributed by atoms with Crippen LogP contribution < -0.4 is 4.74 Å². The Hall–Kier alpha value is -0.540. The molecule has 3 heteroatoms. The van der Waals surface area contributed by atoms with Crippen molar-refractivity contribution in [1.29, 1.82) is 0 Å². The molecule has 0 aliphatic heterocycles. The average Bonchev–Trinajstić information content (AvgIpc) is 2.21. The second kappa shape index (κ2) is 4.76. The summed E-state index contributed by atoms with van der Waals surface area (Å²) in [4.78, 5) is 0.424. The predicted molar refractivity (Wildman–Crippen MR) is 68.5 cm³/mol. The Kier molecular flexibility index (Phi) is 3.55. The Labute approximate surface area is 105 Å². The lowest BCUT2D eigenvalue weighted by atomic mass is 9.91. The molecule has 1 aromatic carbocycles. The molecule has 0 amide bonds. The van der Waals surface area contributed by atoms with Gasteiger partial charge < -0.3 is 9.47 Å². The number of ether oxygens (including phenoxy) is 2. The van der Waals surface area contributed by atoms with E-state index in [4.69, 9.17) is 9.47 Å². The maximum absolute atomic E-state index is 5.96. The zero-order valence-corrected chi connectivity index (χ0v) is 11.5. The van der Waals surface area contributed by atoms with Crippen LogP contribution in [0.3, 0.4) is 0 Å². The minimum absolute atomic E-state index is 0.167. The fourth-order valence-corrected chi connectivity index (χ4v) is 2.96. The molecule has 0 radical (unpaired) electrons. The van der Waals surface area contributed by atoms with Crippen LogP contribution in [0.5, 0.6) is 5.75 Å². The Bertz CT molecular complexity index is 378. The molecular weight excluding hydrogens is 268 g/mol. The zero-order chi connectivity index (χ0) is 11.7. The van der Waals surface area contributed by atoms with Gasteiger partial charge >= 0.3 is 0 Å². The van der Waals surface area contributed by atoms with Crippen LogP contribution in [0.2, 0.25) is 0 Å². The SMILES string of the molecule is COC1C(Br)CC1Oc1ccc(C)cc1C. The number of halogens is 1. The largest absolute Gasteiger partial charge is 0.487 e. The Morgan fingerprint density at radius 3 is 2.62 bits per heavy atom. The molecule has 0 spiro atoms. The van der Waals surface area contributed by atoms with Gasteiger partial charge in [0.05, 0.1) is 0 Å². The summed E-state index contributed by atoms with van der Waals surface area (Å²) in [5, 5.41) is 0. The molecule has 88 valence electrons. The van der Waals surface area contributed by atoms with Gasteiger partial charge in [-0.1, -0.05) is 33.6 Å². The highest BCUT2D eigenvalue weighted by Gasteiger charge is 2.41. The van der Waals surface area contributed by atoms with Crippen molar-refractivity contribution in [3.05, 3.63) is 29.3 Å². The molecular formula is C13H17BrO2. The van der Waals surface area contributed by atoms with E-state index < -0.39 is 0 Å². The fraction of sp³-hybridized carbons (Fsp3) is 0.538. The van der Waals surface area contributed by atoms with Crippen molar-refractivity contribution < 1.29 is 9.47 Å². The van der Waals surface area contributed by atoms with Crippen molar-refractivity contribution >= 4 is 15.9 Å². The third-order valence-corrected chi connectivity index (χ3v) is 3.96. The van der Waals surface area contributed by atoms with Crippen LogP contribution in [0.4, 0.5) is 0 Å². The number of hydrogen-bond acceptors (Lipinski definition) is 2. The van der Waals surface area contributed by atoms with E-state index in [1.807, 2.05) is 6.07 Å². The van der Waals surface area contributed by atoms with E-state index in [2.05, 4.69) is 41.9 Å². The lowest BCUT2D eigenvalue weighted by Crippen LogP contribution is -2.51. The molecule has 1 aromatic rings. The van der Waals surface area contributed by atoms with E-state index >= 15 is 0 Å². The quantitative estimate of drug-likeness (QED) is 0.794. The minimum Gasteiger partial charge on any atom is -0.487 e. The molecule has 1 saturated carbocycles. The maximum Gasteiger partial charge on any atom is 0.127 e. The molecule has 3 unspecified atom stereocenters. The fourth-order valence-electron chi connectivity index (χ4n) is 2.04. The van der Waals surface area contributed by atoms with Gasteiger partial charge in [0.2, 0.25) is 0 Å². The van der Waals surface area contributed by atoms with E-state index in [1.54, 1.807) is 7.11 Å². The summed E-state index contributed by atoms with van der Waals surface area (Å²) in [6.45, 7) is 4.17. The molecule has 0 bridgehead atoms. The lowest BCUT2D eigenvalue weighted by molar-refractivity contribution is -0.0547. The van der Waals surface area contributed by atoms with Crippen molar-refractivity contribution in [3.8, 4) is 5.75 Å². The highest BCUT2D eigenvalue weighted by molar-refractivity contribution is 9.09. The Morgan fingerprint density at radius 1 is 1.31 bits per heavy atom. The summed E-state index contributed by atoms with van der Waals surface area (Å²) < 4.78 is 11.3. The minimum atomic E-state index is 0.167. The summed E-state index contributed by atoms with van der Waals surface area (Å²) in [5.74, 6) is 0.969. The molecule has 1 fully saturated rings. The van der Waals surface area contributed by atoms with Crippen LogP contribution in [-0.4, -0.2) is 24.1 Å². The Morgan fingerprint density at radius 2 is 2.06 bits per heavy atom. The van der Waals surface area contributed by atoms with Gasteiger partial charge in [-0.05, 0) is 25.5 Å². The first kappa shape index (κ1) is 11.9. The molecule has 0 aromatic heterocycles. The molecule has 0 N–H and O–H groups in total. The summed E-state index contributed by atoms with van der Waals surface area (Å²) in [6, 6.07) is 6.26. The normalized spacial score (nSPS) is 28.6. The summed E-state index contributed by atoms with van der Waals surface area (Å²) in [5.41, 5.74) is 2.45. The third kappa shape index (κ3) is 2.25. The molecule has 16 heavy (non-hydrogen) atoms. The second-order valence-electron chi connectivity index (χ2n) is 4.38. The van der Waals surface area contributed by atoms with E-state index in [9.17, 15) is 0 Å². The summed E-state index contributed by atoms with van der Waals surface area (Å²) in [6.07, 6.45) is 1.35. The van der Waals surface area contributed by atoms with Crippen molar-refractivity contribution in [2.45, 2.75) is 37.3 Å². The zero-order valence-electron chi connectivity index (χ0n) is 9.87. The number of aryl methyl sites for hydroxylation is 2. The van der Waals surface area contributed by atoms with Crippen molar-refractivity contribution in [3.63, 3.8) is 0 Å². The molecule has 1 aliphatic rings. The van der Waals surface area contributed by atoms with Crippen LogP contribution in [0.25, 0.3) is 0 Å². The lowest BCUT2D eigenvalue weighted by Gasteiger charge is -2.40. The van der Waals surface area contributed by atoms with Gasteiger partial charge in [0.15, 0.2) is 0 Å². The molecule has 2 nitrogen and oxygen atoms in total. The maximum atomic E-state index is 5.96. The first-order valence-corrected chi connectivity index (χ1v) is 6.44. The van der Waals surface area contributed by atoms with Crippen molar-refractivity contribution in [1.82, 2.24) is 0 Å². The van der Waals surface area contributed by atoms with Crippen LogP contribution >= 0.6 is 15.9 Å². The number of hydrogen-bond donors (Lipinski definition) is 0. The molecule has 0 saturated heterocycles. The number of alkyl halides is 1. The van der Waals surface area contributed by atoms with Gasteiger partial charge in [0, 0.05) is 18.4 Å². The van der Waals surface area contributed by atoms with Gasteiger partial charge in [-0.3, -0.25) is 0 Å². The summed E-state index contributed by atoms with van der Waals surface area (Å²) >= 11 is 3.57. The van der Waals surface area contributed by atoms with E-state index in [-0.39, 0.29) is 12.2 Å². The standard InChI is InChI=1S/C13H17BrO2/c1-8-4-5-11(9(2)6-8)16-12-7-10(14)13(12)15-3/h4-6,10,12-13H,7H2,1-3H3. The first-order chi connectivity index (χ1) is 7.61. The van der Waals surface area contributed by atoms with Crippen molar-refractivity contribution in [2.75, 3.05) is 7.11 Å². The topological polar surface area (TPSA) is 18.5 Å². The van der Waals surface area contributed by atoms with Crippen molar-refractivity contribution in [2.24, 2.45) is 0 Å². The van der Waals surface area contributed by atoms with Crippen LogP contribution in [0.15, 0.2) is 18.2 Å². The van der Waals surface area contributed by atoms with E-state index in [0.717, 1.165) is 12.2 Å². The highest BCUT2D eigenvalue weighted by atomic mass is 79.9. The van der Waals surface area contributed by atoms with Gasteiger partial charge in [0.25, 0.3) is 0 Å².